The third-order valence-corrected chi connectivity index (χ3v) is 3.56. The van der Waals surface area contributed by atoms with Gasteiger partial charge in [-0.2, -0.15) is 0 Å². The number of amides is 1. The van der Waals surface area contributed by atoms with Crippen LogP contribution in [0, 0.1) is 5.82 Å². The Balaban J connectivity index is 1.52. The summed E-state index contributed by atoms with van der Waals surface area (Å²) in [5.74, 6) is -0.0941. The summed E-state index contributed by atoms with van der Waals surface area (Å²) < 4.78 is 12.9. The second kappa shape index (κ2) is 8.01. The van der Waals surface area contributed by atoms with Gasteiger partial charge < -0.3 is 10.6 Å². The molecular weight excluding hydrogens is 319 g/mol. The van der Waals surface area contributed by atoms with Gasteiger partial charge >= 0.3 is 0 Å². The second-order valence-electron chi connectivity index (χ2n) is 5.43. The van der Waals surface area contributed by atoms with Gasteiger partial charge in [-0.25, -0.2) is 4.39 Å². The van der Waals surface area contributed by atoms with Crippen LogP contribution in [0.15, 0.2) is 66.7 Å². The number of anilines is 2. The minimum Gasteiger partial charge on any atom is -0.350 e. The van der Waals surface area contributed by atoms with Gasteiger partial charge in [0.1, 0.15) is 5.82 Å². The van der Waals surface area contributed by atoms with Crippen LogP contribution in [0.2, 0.25) is 0 Å². The number of carbonyl (C=O) groups is 1. The van der Waals surface area contributed by atoms with Crippen molar-refractivity contribution in [3.8, 4) is 0 Å². The fourth-order valence-electron chi connectivity index (χ4n) is 2.26. The lowest BCUT2D eigenvalue weighted by atomic mass is 10.1. The molecule has 0 saturated carbocycles. The van der Waals surface area contributed by atoms with E-state index in [2.05, 4.69) is 20.8 Å². The third kappa shape index (κ3) is 4.84. The molecule has 0 aliphatic carbocycles. The lowest BCUT2D eigenvalue weighted by molar-refractivity contribution is 0.0948. The summed E-state index contributed by atoms with van der Waals surface area (Å²) in [4.78, 5) is 12.1. The average molecular weight is 336 g/mol. The van der Waals surface area contributed by atoms with Crippen molar-refractivity contribution in [2.24, 2.45) is 0 Å². The van der Waals surface area contributed by atoms with Crippen molar-refractivity contribution in [1.29, 1.82) is 0 Å². The molecule has 6 heteroatoms. The fraction of sp³-hybridized carbons (Fsp3) is 0.105. The molecule has 1 aromatic heterocycles. The van der Waals surface area contributed by atoms with Crippen LogP contribution in [0.1, 0.15) is 16.1 Å². The molecule has 0 saturated heterocycles. The highest BCUT2D eigenvalue weighted by Gasteiger charge is 2.08. The number of hydrogen-bond donors (Lipinski definition) is 2. The molecule has 3 aromatic rings. The summed E-state index contributed by atoms with van der Waals surface area (Å²) in [6.45, 7) is 0.528. The molecule has 1 amide bonds. The number of rotatable bonds is 6. The molecule has 25 heavy (non-hydrogen) atoms. The number of nitrogens with one attached hydrogen (secondary N) is 2. The van der Waals surface area contributed by atoms with Crippen molar-refractivity contribution in [2.75, 3.05) is 11.9 Å². The summed E-state index contributed by atoms with van der Waals surface area (Å²) in [6, 6.07) is 19.1. The van der Waals surface area contributed by atoms with Crippen LogP contribution in [0.25, 0.3) is 0 Å². The molecule has 0 spiro atoms. The maximum atomic E-state index is 12.9. The van der Waals surface area contributed by atoms with Gasteiger partial charge in [0.15, 0.2) is 11.5 Å². The Morgan fingerprint density at radius 3 is 2.36 bits per heavy atom. The van der Waals surface area contributed by atoms with Crippen LogP contribution in [-0.4, -0.2) is 22.6 Å². The first-order chi connectivity index (χ1) is 12.2. The van der Waals surface area contributed by atoms with Crippen LogP contribution in [0.3, 0.4) is 0 Å². The minimum atomic E-state index is -0.306. The van der Waals surface area contributed by atoms with Crippen LogP contribution < -0.4 is 10.6 Å². The van der Waals surface area contributed by atoms with E-state index in [0.29, 0.717) is 18.1 Å². The summed E-state index contributed by atoms with van der Waals surface area (Å²) in [5, 5.41) is 13.7. The highest BCUT2D eigenvalue weighted by Crippen LogP contribution is 2.14. The number of benzene rings is 2. The first kappa shape index (κ1) is 16.6. The van der Waals surface area contributed by atoms with Crippen LogP contribution in [0.5, 0.6) is 0 Å². The predicted molar refractivity (Wildman–Crippen MR) is 94.2 cm³/mol. The predicted octanol–water partition coefficient (Wildman–Crippen LogP) is 3.33. The van der Waals surface area contributed by atoms with Crippen molar-refractivity contribution >= 4 is 17.4 Å². The van der Waals surface area contributed by atoms with Crippen molar-refractivity contribution in [1.82, 2.24) is 15.5 Å². The number of aromatic nitrogens is 2. The Bertz CT molecular complexity index is 820. The van der Waals surface area contributed by atoms with Gasteiger partial charge in [-0.05, 0) is 48.4 Å². The molecule has 1 heterocycles. The largest absolute Gasteiger partial charge is 0.350 e. The molecule has 0 fully saturated rings. The fourth-order valence-corrected chi connectivity index (χ4v) is 2.26. The van der Waals surface area contributed by atoms with E-state index in [1.54, 1.807) is 24.3 Å². The molecule has 0 atom stereocenters. The van der Waals surface area contributed by atoms with E-state index in [1.165, 1.54) is 12.1 Å². The summed E-state index contributed by atoms with van der Waals surface area (Å²) in [7, 11) is 0. The van der Waals surface area contributed by atoms with E-state index in [4.69, 9.17) is 0 Å². The van der Waals surface area contributed by atoms with E-state index in [1.807, 2.05) is 30.3 Å². The van der Waals surface area contributed by atoms with Crippen molar-refractivity contribution in [3.05, 3.63) is 83.8 Å². The van der Waals surface area contributed by atoms with Crippen molar-refractivity contribution in [2.45, 2.75) is 6.42 Å². The van der Waals surface area contributed by atoms with E-state index in [-0.39, 0.29) is 17.4 Å². The van der Waals surface area contributed by atoms with Crippen molar-refractivity contribution in [3.63, 3.8) is 0 Å². The standard InChI is InChI=1S/C19H17FN4O/c20-15-6-8-16(9-7-15)22-18-11-10-17(23-24-18)19(25)21-13-12-14-4-2-1-3-5-14/h1-11H,12-13H2,(H,21,25)(H,22,24). The van der Waals surface area contributed by atoms with Crippen LogP contribution in [0.4, 0.5) is 15.9 Å². The van der Waals surface area contributed by atoms with Gasteiger partial charge in [-0.1, -0.05) is 30.3 Å². The molecule has 5 nitrogen and oxygen atoms in total. The quantitative estimate of drug-likeness (QED) is 0.724. The second-order valence-corrected chi connectivity index (χ2v) is 5.43. The van der Waals surface area contributed by atoms with Gasteiger partial charge in [-0.15, -0.1) is 10.2 Å². The molecule has 2 N–H and O–H groups in total. The molecular formula is C19H17FN4O. The number of halogens is 1. The highest BCUT2D eigenvalue weighted by atomic mass is 19.1. The molecule has 126 valence electrons. The topological polar surface area (TPSA) is 66.9 Å². The highest BCUT2D eigenvalue weighted by molar-refractivity contribution is 5.92. The molecule has 0 radical (unpaired) electrons. The average Bonchev–Trinajstić information content (AvgIpc) is 2.65. The maximum absolute atomic E-state index is 12.9. The first-order valence-corrected chi connectivity index (χ1v) is 7.89. The Morgan fingerprint density at radius 1 is 0.920 bits per heavy atom. The van der Waals surface area contributed by atoms with Crippen molar-refractivity contribution < 1.29 is 9.18 Å². The van der Waals surface area contributed by atoms with Crippen LogP contribution in [-0.2, 0) is 6.42 Å². The Labute approximate surface area is 144 Å². The maximum Gasteiger partial charge on any atom is 0.271 e. The van der Waals surface area contributed by atoms with E-state index in [9.17, 15) is 9.18 Å². The van der Waals surface area contributed by atoms with Gasteiger partial charge in [-0.3, -0.25) is 4.79 Å². The van der Waals surface area contributed by atoms with E-state index in [0.717, 1.165) is 12.0 Å². The Kier molecular flexibility index (Phi) is 5.31. The monoisotopic (exact) mass is 336 g/mol. The normalized spacial score (nSPS) is 10.3. The van der Waals surface area contributed by atoms with E-state index < -0.39 is 0 Å². The summed E-state index contributed by atoms with van der Waals surface area (Å²) >= 11 is 0. The van der Waals surface area contributed by atoms with E-state index >= 15 is 0 Å². The van der Waals surface area contributed by atoms with Gasteiger partial charge in [0.2, 0.25) is 0 Å². The van der Waals surface area contributed by atoms with Gasteiger partial charge in [0, 0.05) is 12.2 Å². The molecule has 0 aliphatic rings. The Hall–Kier alpha value is -3.28. The molecule has 0 unspecified atom stereocenters. The SMILES string of the molecule is O=C(NCCc1ccccc1)c1ccc(Nc2ccc(F)cc2)nn1. The zero-order valence-corrected chi connectivity index (χ0v) is 13.4. The smallest absolute Gasteiger partial charge is 0.271 e. The Morgan fingerprint density at radius 2 is 1.68 bits per heavy atom. The first-order valence-electron chi connectivity index (χ1n) is 7.89. The molecule has 0 bridgehead atoms. The number of nitrogens with zero attached hydrogens (tertiary/aromatic N) is 2. The zero-order valence-electron chi connectivity index (χ0n) is 13.4. The lowest BCUT2D eigenvalue weighted by Gasteiger charge is -2.07. The summed E-state index contributed by atoms with van der Waals surface area (Å²) in [5.41, 5.74) is 2.10. The third-order valence-electron chi connectivity index (χ3n) is 3.56. The summed E-state index contributed by atoms with van der Waals surface area (Å²) in [6.07, 6.45) is 0.754. The molecule has 2 aromatic carbocycles. The zero-order chi connectivity index (χ0) is 17.5. The lowest BCUT2D eigenvalue weighted by Crippen LogP contribution is -2.26. The number of hydrogen-bond acceptors (Lipinski definition) is 4. The molecule has 0 aliphatic heterocycles. The van der Waals surface area contributed by atoms with Gasteiger partial charge in [0.25, 0.3) is 5.91 Å². The van der Waals surface area contributed by atoms with Gasteiger partial charge in [0.05, 0.1) is 0 Å². The minimum absolute atomic E-state index is 0.248. The molecule has 3 rings (SSSR count). The van der Waals surface area contributed by atoms with Crippen LogP contribution >= 0.6 is 0 Å². The number of carbonyl (C=O) groups excluding carboxylic acids is 1.